The largest absolute Gasteiger partial charge is 0.341 e. The number of aromatic nitrogens is 4. The van der Waals surface area contributed by atoms with Gasteiger partial charge in [-0.25, -0.2) is 4.39 Å². The third-order valence-electron chi connectivity index (χ3n) is 5.56. The van der Waals surface area contributed by atoms with Crippen LogP contribution in [0, 0.1) is 5.82 Å². The molecular formula is C22H20ClFN6O2S. The lowest BCUT2D eigenvalue weighted by molar-refractivity contribution is -0.130. The summed E-state index contributed by atoms with van der Waals surface area (Å²) >= 11 is 7.00. The van der Waals surface area contributed by atoms with Crippen molar-refractivity contribution < 1.29 is 14.0 Å². The van der Waals surface area contributed by atoms with E-state index in [1.807, 2.05) is 38.1 Å². The van der Waals surface area contributed by atoms with Gasteiger partial charge in [-0.1, -0.05) is 35.5 Å². The predicted octanol–water partition coefficient (Wildman–Crippen LogP) is 3.83. The van der Waals surface area contributed by atoms with Crippen LogP contribution in [0.15, 0.2) is 47.6 Å². The van der Waals surface area contributed by atoms with Crippen molar-refractivity contribution in [2.75, 3.05) is 24.2 Å². The summed E-state index contributed by atoms with van der Waals surface area (Å²) < 4.78 is 17.1. The highest BCUT2D eigenvalue weighted by atomic mass is 35.5. The third-order valence-corrected chi connectivity index (χ3v) is 6.78. The Labute approximate surface area is 197 Å². The van der Waals surface area contributed by atoms with Crippen molar-refractivity contribution in [3.8, 4) is 0 Å². The number of benzene rings is 2. The summed E-state index contributed by atoms with van der Waals surface area (Å²) in [4.78, 5) is 27.1. The van der Waals surface area contributed by atoms with Gasteiger partial charge in [0, 0.05) is 18.8 Å². The molecule has 0 radical (unpaired) electrons. The number of nitrogens with zero attached hydrogens (tertiary/aromatic N) is 5. The lowest BCUT2D eigenvalue weighted by atomic mass is 10.3. The fourth-order valence-corrected chi connectivity index (χ4v) is 4.91. The number of halogens is 2. The maximum absolute atomic E-state index is 13.3. The number of likely N-dealkylation sites (tertiary alicyclic amines) is 1. The van der Waals surface area contributed by atoms with Crippen LogP contribution in [0.25, 0.3) is 16.8 Å². The van der Waals surface area contributed by atoms with Crippen LogP contribution in [-0.2, 0) is 16.1 Å². The molecule has 170 valence electrons. The summed E-state index contributed by atoms with van der Waals surface area (Å²) in [5.41, 5.74) is 2.15. The first-order chi connectivity index (χ1) is 16.0. The van der Waals surface area contributed by atoms with E-state index in [-0.39, 0.29) is 29.1 Å². The number of anilines is 1. The van der Waals surface area contributed by atoms with Gasteiger partial charge in [0.1, 0.15) is 12.4 Å². The molecule has 1 fully saturated rings. The molecule has 0 unspecified atom stereocenters. The number of fused-ring (bicyclic) bond motifs is 3. The van der Waals surface area contributed by atoms with Crippen LogP contribution in [0.1, 0.15) is 12.8 Å². The molecule has 1 N–H and O–H groups in total. The quantitative estimate of drug-likeness (QED) is 0.419. The average molecular weight is 487 g/mol. The minimum Gasteiger partial charge on any atom is -0.341 e. The predicted molar refractivity (Wildman–Crippen MR) is 125 cm³/mol. The molecule has 1 aliphatic heterocycles. The minimum atomic E-state index is -0.547. The van der Waals surface area contributed by atoms with Gasteiger partial charge in [0.15, 0.2) is 5.16 Å². The molecule has 33 heavy (non-hydrogen) atoms. The highest BCUT2D eigenvalue weighted by Gasteiger charge is 2.23. The van der Waals surface area contributed by atoms with Crippen molar-refractivity contribution in [3.63, 3.8) is 0 Å². The zero-order valence-electron chi connectivity index (χ0n) is 17.5. The Morgan fingerprint density at radius 2 is 1.85 bits per heavy atom. The van der Waals surface area contributed by atoms with E-state index in [0.717, 1.165) is 37.0 Å². The number of imidazole rings is 1. The van der Waals surface area contributed by atoms with Gasteiger partial charge in [0.05, 0.1) is 21.8 Å². The molecular weight excluding hydrogens is 467 g/mol. The first kappa shape index (κ1) is 21.7. The Hall–Kier alpha value is -3.11. The molecule has 2 aromatic heterocycles. The number of para-hydroxylation sites is 2. The van der Waals surface area contributed by atoms with Gasteiger partial charge in [-0.2, -0.15) is 0 Å². The molecule has 1 aliphatic rings. The SMILES string of the molecule is O=C(CSc1nnc2n(CC(=O)N3CCCC3)c3ccccc3n12)Nc1ccc(F)c(Cl)c1. The molecule has 0 spiro atoms. The lowest BCUT2D eigenvalue weighted by Crippen LogP contribution is -2.31. The van der Waals surface area contributed by atoms with E-state index in [1.54, 1.807) is 0 Å². The van der Waals surface area contributed by atoms with Gasteiger partial charge in [-0.3, -0.25) is 18.6 Å². The number of carbonyl (C=O) groups excluding carboxylic acids is 2. The fourth-order valence-electron chi connectivity index (χ4n) is 3.99. The van der Waals surface area contributed by atoms with Crippen LogP contribution in [-0.4, -0.2) is 54.7 Å². The highest BCUT2D eigenvalue weighted by molar-refractivity contribution is 7.99. The van der Waals surface area contributed by atoms with E-state index >= 15 is 0 Å². The van der Waals surface area contributed by atoms with Gasteiger partial charge < -0.3 is 10.2 Å². The Balaban J connectivity index is 1.37. The maximum atomic E-state index is 13.3. The second kappa shape index (κ2) is 9.03. The molecule has 0 bridgehead atoms. The number of amides is 2. The van der Waals surface area contributed by atoms with Crippen molar-refractivity contribution in [2.45, 2.75) is 24.5 Å². The van der Waals surface area contributed by atoms with Gasteiger partial charge >= 0.3 is 0 Å². The number of rotatable bonds is 6. The topological polar surface area (TPSA) is 84.5 Å². The standard InChI is InChI=1S/C22H20ClFN6O2S/c23-15-11-14(7-8-16(15)24)25-19(31)13-33-22-27-26-21-29(12-20(32)28-9-3-4-10-28)17-5-1-2-6-18(17)30(21)22/h1-2,5-8,11H,3-4,9-10,12-13H2,(H,25,31). The maximum Gasteiger partial charge on any atom is 0.242 e. The molecule has 0 saturated carbocycles. The van der Waals surface area contributed by atoms with Crippen LogP contribution in [0.3, 0.4) is 0 Å². The fraction of sp³-hybridized carbons (Fsp3) is 0.273. The van der Waals surface area contributed by atoms with Crippen molar-refractivity contribution in [2.24, 2.45) is 0 Å². The number of carbonyl (C=O) groups is 2. The van der Waals surface area contributed by atoms with Gasteiger partial charge in [-0.15, -0.1) is 10.2 Å². The highest BCUT2D eigenvalue weighted by Crippen LogP contribution is 2.27. The number of hydrogen-bond acceptors (Lipinski definition) is 5. The monoisotopic (exact) mass is 486 g/mol. The number of thioether (sulfide) groups is 1. The summed E-state index contributed by atoms with van der Waals surface area (Å²) in [6, 6.07) is 11.7. The van der Waals surface area contributed by atoms with Crippen LogP contribution in [0.5, 0.6) is 0 Å². The summed E-state index contributed by atoms with van der Waals surface area (Å²) in [7, 11) is 0. The molecule has 11 heteroatoms. The van der Waals surface area contributed by atoms with Crippen LogP contribution >= 0.6 is 23.4 Å². The molecule has 2 amide bonds. The second-order valence-corrected chi connectivity index (χ2v) is 9.10. The molecule has 5 rings (SSSR count). The molecule has 8 nitrogen and oxygen atoms in total. The molecule has 2 aromatic carbocycles. The van der Waals surface area contributed by atoms with Crippen molar-refractivity contribution >= 4 is 57.7 Å². The van der Waals surface area contributed by atoms with E-state index in [1.165, 1.54) is 30.0 Å². The van der Waals surface area contributed by atoms with Crippen LogP contribution in [0.4, 0.5) is 10.1 Å². The molecule has 3 heterocycles. The van der Waals surface area contributed by atoms with Crippen LogP contribution in [0.2, 0.25) is 5.02 Å². The zero-order chi connectivity index (χ0) is 22.9. The molecule has 1 saturated heterocycles. The van der Waals surface area contributed by atoms with Crippen molar-refractivity contribution in [1.82, 2.24) is 24.1 Å². The van der Waals surface area contributed by atoms with E-state index in [9.17, 15) is 14.0 Å². The number of nitrogens with one attached hydrogen (secondary N) is 1. The summed E-state index contributed by atoms with van der Waals surface area (Å²) in [5.74, 6) is -0.147. The van der Waals surface area contributed by atoms with E-state index in [0.29, 0.717) is 16.6 Å². The minimum absolute atomic E-state index is 0.0593. The normalized spacial score (nSPS) is 13.8. The van der Waals surface area contributed by atoms with Crippen LogP contribution < -0.4 is 5.32 Å². The lowest BCUT2D eigenvalue weighted by Gasteiger charge is -2.15. The Morgan fingerprint density at radius 3 is 2.61 bits per heavy atom. The van der Waals surface area contributed by atoms with Crippen molar-refractivity contribution in [3.05, 3.63) is 53.3 Å². The molecule has 0 aliphatic carbocycles. The van der Waals surface area contributed by atoms with Gasteiger partial charge in [0.2, 0.25) is 17.6 Å². The third kappa shape index (κ3) is 4.28. The summed E-state index contributed by atoms with van der Waals surface area (Å²) in [6.07, 6.45) is 2.07. The Bertz CT molecular complexity index is 1360. The van der Waals surface area contributed by atoms with Gasteiger partial charge in [0.25, 0.3) is 0 Å². The average Bonchev–Trinajstić information content (AvgIpc) is 3.54. The zero-order valence-corrected chi connectivity index (χ0v) is 19.1. The molecule has 4 aromatic rings. The smallest absolute Gasteiger partial charge is 0.242 e. The first-order valence-corrected chi connectivity index (χ1v) is 11.9. The van der Waals surface area contributed by atoms with Crippen molar-refractivity contribution in [1.29, 1.82) is 0 Å². The number of hydrogen-bond donors (Lipinski definition) is 1. The van der Waals surface area contributed by atoms with Gasteiger partial charge in [-0.05, 0) is 43.2 Å². The molecule has 0 atom stereocenters. The first-order valence-electron chi connectivity index (χ1n) is 10.5. The van der Waals surface area contributed by atoms with E-state index < -0.39 is 5.82 Å². The summed E-state index contributed by atoms with van der Waals surface area (Å²) in [5, 5.41) is 11.7. The van der Waals surface area contributed by atoms with E-state index in [2.05, 4.69) is 15.5 Å². The second-order valence-electron chi connectivity index (χ2n) is 7.75. The van der Waals surface area contributed by atoms with E-state index in [4.69, 9.17) is 11.6 Å². The Morgan fingerprint density at radius 1 is 1.09 bits per heavy atom. The summed E-state index contributed by atoms with van der Waals surface area (Å²) in [6.45, 7) is 1.76. The Kier molecular flexibility index (Phi) is 5.94.